The van der Waals surface area contributed by atoms with Crippen LogP contribution in [0.5, 0.6) is 0 Å². The molecule has 0 atom stereocenters. The molecule has 0 spiro atoms. The maximum absolute atomic E-state index is 12.6. The third-order valence-electron chi connectivity index (χ3n) is 4.09. The van der Waals surface area contributed by atoms with E-state index in [0.717, 1.165) is 21.3 Å². The first-order valence-electron chi connectivity index (χ1n) is 7.46. The smallest absolute Gasteiger partial charge is 0.268 e. The number of amides is 1. The van der Waals surface area contributed by atoms with E-state index in [0.29, 0.717) is 0 Å². The number of nitrogens with zero attached hydrogens (tertiary/aromatic N) is 1. The number of hydrogen-bond donors (Lipinski definition) is 1. The van der Waals surface area contributed by atoms with Crippen molar-refractivity contribution in [2.75, 3.05) is 0 Å². The zero-order chi connectivity index (χ0) is 16.7. The van der Waals surface area contributed by atoms with Crippen LogP contribution in [0.4, 0.5) is 0 Å². The van der Waals surface area contributed by atoms with Crippen LogP contribution in [0, 0.1) is 0 Å². The second kappa shape index (κ2) is 5.43. The third-order valence-corrected chi connectivity index (χ3v) is 5.49. The molecule has 0 saturated carbocycles. The zero-order valence-corrected chi connectivity index (χ0v) is 13.5. The largest absolute Gasteiger partial charge is 0.270 e. The molecule has 3 aromatic rings. The van der Waals surface area contributed by atoms with Crippen LogP contribution in [0.25, 0.3) is 10.8 Å². The molecule has 1 aliphatic heterocycles. The summed E-state index contributed by atoms with van der Waals surface area (Å²) in [4.78, 5) is 15.0. The highest BCUT2D eigenvalue weighted by Crippen LogP contribution is 2.25. The highest BCUT2D eigenvalue weighted by molar-refractivity contribution is 7.89. The number of nitrogens with one attached hydrogen (secondary N) is 1. The lowest BCUT2D eigenvalue weighted by Crippen LogP contribution is -2.49. The summed E-state index contributed by atoms with van der Waals surface area (Å²) in [5.74, 6) is -0.353. The molecule has 0 aliphatic carbocycles. The van der Waals surface area contributed by atoms with E-state index in [9.17, 15) is 13.2 Å². The lowest BCUT2D eigenvalue weighted by molar-refractivity contribution is 0.0688. The first-order valence-corrected chi connectivity index (χ1v) is 8.94. The van der Waals surface area contributed by atoms with E-state index in [1.807, 2.05) is 42.5 Å². The topological polar surface area (TPSA) is 66.5 Å². The highest BCUT2D eigenvalue weighted by atomic mass is 32.2. The van der Waals surface area contributed by atoms with Crippen LogP contribution >= 0.6 is 0 Å². The van der Waals surface area contributed by atoms with Crippen molar-refractivity contribution in [1.82, 2.24) is 9.84 Å². The van der Waals surface area contributed by atoms with E-state index in [1.54, 1.807) is 12.1 Å². The van der Waals surface area contributed by atoms with Gasteiger partial charge in [0.15, 0.2) is 0 Å². The van der Waals surface area contributed by atoms with Crippen LogP contribution in [0.2, 0.25) is 0 Å². The fraction of sp³-hybridized carbons (Fsp3) is 0.0556. The van der Waals surface area contributed by atoms with Gasteiger partial charge in [-0.1, -0.05) is 54.6 Å². The van der Waals surface area contributed by atoms with E-state index in [4.69, 9.17) is 0 Å². The Morgan fingerprint density at radius 2 is 1.58 bits per heavy atom. The van der Waals surface area contributed by atoms with Crippen molar-refractivity contribution >= 4 is 26.7 Å². The first kappa shape index (κ1) is 14.9. The lowest BCUT2D eigenvalue weighted by Gasteiger charge is -2.29. The van der Waals surface area contributed by atoms with Crippen LogP contribution in [-0.2, 0) is 16.6 Å². The quantitative estimate of drug-likeness (QED) is 0.781. The summed E-state index contributed by atoms with van der Waals surface area (Å²) in [6, 6.07) is 19.8. The van der Waals surface area contributed by atoms with Gasteiger partial charge in [-0.15, -0.1) is 4.83 Å². The molecule has 0 unspecified atom stereocenters. The van der Waals surface area contributed by atoms with Gasteiger partial charge in [-0.05, 0) is 28.5 Å². The number of benzene rings is 3. The summed E-state index contributed by atoms with van der Waals surface area (Å²) < 4.78 is 24.8. The molecule has 0 aromatic heterocycles. The van der Waals surface area contributed by atoms with Gasteiger partial charge in [-0.3, -0.25) is 9.80 Å². The van der Waals surface area contributed by atoms with Crippen molar-refractivity contribution in [3.63, 3.8) is 0 Å². The minimum atomic E-state index is -3.74. The molecule has 120 valence electrons. The van der Waals surface area contributed by atoms with Gasteiger partial charge >= 0.3 is 0 Å². The van der Waals surface area contributed by atoms with Crippen molar-refractivity contribution < 1.29 is 13.2 Å². The number of carbonyl (C=O) groups is 1. The number of hydrazine groups is 1. The van der Waals surface area contributed by atoms with Crippen LogP contribution < -0.4 is 4.83 Å². The molecule has 1 amide bonds. The fourth-order valence-corrected chi connectivity index (χ4v) is 4.20. The fourth-order valence-electron chi connectivity index (χ4n) is 2.96. The monoisotopic (exact) mass is 338 g/mol. The Balaban J connectivity index is 1.77. The zero-order valence-electron chi connectivity index (χ0n) is 12.6. The Hall–Kier alpha value is -2.70. The Kier molecular flexibility index (Phi) is 3.37. The Labute approximate surface area is 139 Å². The lowest BCUT2D eigenvalue weighted by atomic mass is 10.0. The van der Waals surface area contributed by atoms with E-state index in [2.05, 4.69) is 4.83 Å². The molecule has 3 aromatic carbocycles. The normalized spacial score (nSPS) is 16.2. The molecule has 5 nitrogen and oxygen atoms in total. The van der Waals surface area contributed by atoms with Gasteiger partial charge < -0.3 is 0 Å². The number of hydrogen-bond acceptors (Lipinski definition) is 3. The minimum absolute atomic E-state index is 0.0177. The van der Waals surface area contributed by atoms with Gasteiger partial charge in [0.1, 0.15) is 0 Å². The molecule has 24 heavy (non-hydrogen) atoms. The Bertz CT molecular complexity index is 1060. The van der Waals surface area contributed by atoms with Gasteiger partial charge in [-0.25, -0.2) is 8.42 Å². The Morgan fingerprint density at radius 3 is 2.46 bits per heavy atom. The van der Waals surface area contributed by atoms with Crippen molar-refractivity contribution in [2.45, 2.75) is 11.4 Å². The molecule has 0 radical (unpaired) electrons. The van der Waals surface area contributed by atoms with E-state index in [1.165, 1.54) is 12.1 Å². The summed E-state index contributed by atoms with van der Waals surface area (Å²) >= 11 is 0. The van der Waals surface area contributed by atoms with E-state index < -0.39 is 10.0 Å². The molecule has 1 heterocycles. The molecule has 4 rings (SSSR count). The van der Waals surface area contributed by atoms with Crippen molar-refractivity contribution in [1.29, 1.82) is 0 Å². The van der Waals surface area contributed by atoms with Crippen LogP contribution in [0.1, 0.15) is 15.9 Å². The minimum Gasteiger partial charge on any atom is -0.268 e. The molecule has 0 bridgehead atoms. The second-order valence-corrected chi connectivity index (χ2v) is 7.25. The summed E-state index contributed by atoms with van der Waals surface area (Å²) in [6.07, 6.45) is 0. The van der Waals surface area contributed by atoms with Gasteiger partial charge in [0.2, 0.25) is 0 Å². The van der Waals surface area contributed by atoms with Crippen LogP contribution in [0.3, 0.4) is 0 Å². The average molecular weight is 338 g/mol. The summed E-state index contributed by atoms with van der Waals surface area (Å²) in [7, 11) is -3.74. The predicted octanol–water partition coefficient (Wildman–Crippen LogP) is 2.69. The summed E-state index contributed by atoms with van der Waals surface area (Å²) in [6.45, 7) is 0.160. The van der Waals surface area contributed by atoms with Crippen molar-refractivity contribution in [3.05, 3.63) is 77.9 Å². The van der Waals surface area contributed by atoms with E-state index >= 15 is 0 Å². The molecule has 6 heteroatoms. The molecule has 1 N–H and O–H groups in total. The molecule has 0 fully saturated rings. The van der Waals surface area contributed by atoms with Crippen molar-refractivity contribution in [3.8, 4) is 0 Å². The number of rotatable bonds is 2. The maximum Gasteiger partial charge on any atom is 0.270 e. The number of fused-ring (bicyclic) bond motifs is 2. The average Bonchev–Trinajstić information content (AvgIpc) is 2.60. The number of sulfonamides is 1. The molecular weight excluding hydrogens is 324 g/mol. The Morgan fingerprint density at radius 1 is 0.875 bits per heavy atom. The van der Waals surface area contributed by atoms with Gasteiger partial charge in [0.05, 0.1) is 17.0 Å². The van der Waals surface area contributed by atoms with Gasteiger partial charge in [-0.2, -0.15) is 0 Å². The van der Waals surface area contributed by atoms with Gasteiger partial charge in [0, 0.05) is 0 Å². The molecular formula is C18H14N2O3S. The third kappa shape index (κ3) is 2.36. The summed E-state index contributed by atoms with van der Waals surface area (Å²) in [5.41, 5.74) is 1.07. The van der Waals surface area contributed by atoms with Gasteiger partial charge in [0.25, 0.3) is 15.9 Å². The molecule has 0 saturated heterocycles. The first-order chi connectivity index (χ1) is 11.6. The maximum atomic E-state index is 12.6. The standard InChI is InChI=1S/C18H14N2O3S/c21-18-16-10-3-4-11-17(16)24(22,23)19-20(18)12-14-8-5-7-13-6-1-2-9-15(13)14/h1-11,19H,12H2. The second-order valence-electron chi connectivity index (χ2n) is 5.62. The van der Waals surface area contributed by atoms with Crippen LogP contribution in [0.15, 0.2) is 71.6 Å². The number of carbonyl (C=O) groups excluding carboxylic acids is 1. The van der Waals surface area contributed by atoms with E-state index in [-0.39, 0.29) is 22.9 Å². The van der Waals surface area contributed by atoms with Crippen LogP contribution in [-0.4, -0.2) is 19.3 Å². The molecule has 1 aliphatic rings. The SMILES string of the molecule is O=C1c2ccccc2S(=O)(=O)NN1Cc1cccc2ccccc12. The van der Waals surface area contributed by atoms with Crippen molar-refractivity contribution in [2.24, 2.45) is 0 Å². The predicted molar refractivity (Wildman–Crippen MR) is 90.6 cm³/mol. The summed E-state index contributed by atoms with van der Waals surface area (Å²) in [5, 5.41) is 3.19. The highest BCUT2D eigenvalue weighted by Gasteiger charge is 2.33.